The Kier molecular flexibility index (Phi) is 2.95. The van der Waals surface area contributed by atoms with Crippen LogP contribution in [0.1, 0.15) is 18.9 Å². The molecule has 0 N–H and O–H groups in total. The lowest BCUT2D eigenvalue weighted by Gasteiger charge is -2.27. The maximum Gasteiger partial charge on any atom is 0.156 e. The molecular formula is C13H16O2. The second-order valence-electron chi connectivity index (χ2n) is 3.75. The fraction of sp³-hybridized carbons (Fsp3) is 0.385. The van der Waals surface area contributed by atoms with Gasteiger partial charge in [-0.3, -0.25) is 0 Å². The van der Waals surface area contributed by atoms with Crippen molar-refractivity contribution in [2.24, 2.45) is 0 Å². The molecule has 1 aliphatic heterocycles. The van der Waals surface area contributed by atoms with E-state index >= 15 is 0 Å². The molecule has 0 bridgehead atoms. The first kappa shape index (κ1) is 10.1. The molecule has 1 aliphatic rings. The zero-order chi connectivity index (χ0) is 10.7. The molecule has 0 fully saturated rings. The van der Waals surface area contributed by atoms with E-state index in [0.29, 0.717) is 6.61 Å². The van der Waals surface area contributed by atoms with Gasteiger partial charge in [0.15, 0.2) is 6.10 Å². The summed E-state index contributed by atoms with van der Waals surface area (Å²) >= 11 is 0. The summed E-state index contributed by atoms with van der Waals surface area (Å²) in [6, 6.07) is 8.04. The number of aryl methyl sites for hydroxylation is 1. The van der Waals surface area contributed by atoms with E-state index in [-0.39, 0.29) is 6.10 Å². The van der Waals surface area contributed by atoms with Crippen LogP contribution in [0, 0.1) is 6.92 Å². The van der Waals surface area contributed by atoms with Crippen LogP contribution >= 0.6 is 0 Å². The highest BCUT2D eigenvalue weighted by atomic mass is 16.5. The molecule has 15 heavy (non-hydrogen) atoms. The van der Waals surface area contributed by atoms with Gasteiger partial charge in [0, 0.05) is 5.57 Å². The summed E-state index contributed by atoms with van der Waals surface area (Å²) in [6.07, 6.45) is 3.03. The van der Waals surface area contributed by atoms with E-state index in [1.165, 1.54) is 11.1 Å². The second-order valence-corrected chi connectivity index (χ2v) is 3.75. The van der Waals surface area contributed by atoms with Crippen molar-refractivity contribution in [3.05, 3.63) is 41.7 Å². The minimum absolute atomic E-state index is 0.162. The summed E-state index contributed by atoms with van der Waals surface area (Å²) in [7, 11) is 0. The zero-order valence-electron chi connectivity index (χ0n) is 9.19. The van der Waals surface area contributed by atoms with Crippen molar-refractivity contribution in [1.29, 1.82) is 0 Å². The molecule has 1 atom stereocenters. The van der Waals surface area contributed by atoms with Crippen LogP contribution in [0.5, 0.6) is 5.75 Å². The molecule has 0 spiro atoms. The minimum atomic E-state index is 0.162. The third kappa shape index (κ3) is 2.14. The Morgan fingerprint density at radius 1 is 1.33 bits per heavy atom. The van der Waals surface area contributed by atoms with E-state index < -0.39 is 0 Å². The lowest BCUT2D eigenvalue weighted by Crippen LogP contribution is -2.28. The van der Waals surface area contributed by atoms with Crippen LogP contribution in [0.25, 0.3) is 0 Å². The number of benzene rings is 1. The fourth-order valence-corrected chi connectivity index (χ4v) is 1.60. The summed E-state index contributed by atoms with van der Waals surface area (Å²) in [5.74, 6) is 0.948. The Labute approximate surface area is 90.5 Å². The van der Waals surface area contributed by atoms with Crippen LogP contribution in [0.15, 0.2) is 36.1 Å². The Morgan fingerprint density at radius 3 is 2.73 bits per heavy atom. The van der Waals surface area contributed by atoms with Crippen LogP contribution in [-0.4, -0.2) is 12.7 Å². The molecule has 1 aromatic carbocycles. The first-order valence-corrected chi connectivity index (χ1v) is 5.34. The average molecular weight is 204 g/mol. The molecule has 1 unspecified atom stereocenters. The maximum atomic E-state index is 5.71. The molecule has 0 aliphatic carbocycles. The van der Waals surface area contributed by atoms with Crippen molar-refractivity contribution in [2.45, 2.75) is 26.4 Å². The summed E-state index contributed by atoms with van der Waals surface area (Å²) in [5, 5.41) is 0. The molecule has 0 saturated carbocycles. The third-order valence-corrected chi connectivity index (χ3v) is 2.69. The molecular weight excluding hydrogens is 188 g/mol. The maximum absolute atomic E-state index is 5.71. The van der Waals surface area contributed by atoms with Crippen LogP contribution < -0.4 is 4.74 Å². The molecule has 2 rings (SSSR count). The van der Waals surface area contributed by atoms with Crippen molar-refractivity contribution in [3.8, 4) is 5.75 Å². The molecule has 1 heterocycles. The summed E-state index contributed by atoms with van der Waals surface area (Å²) in [4.78, 5) is 0. The van der Waals surface area contributed by atoms with Crippen molar-refractivity contribution >= 4 is 0 Å². The molecule has 0 aromatic heterocycles. The van der Waals surface area contributed by atoms with Crippen molar-refractivity contribution in [1.82, 2.24) is 0 Å². The average Bonchev–Trinajstić information content (AvgIpc) is 2.20. The fourth-order valence-electron chi connectivity index (χ4n) is 1.60. The molecule has 0 saturated heterocycles. The highest BCUT2D eigenvalue weighted by molar-refractivity contribution is 5.32. The zero-order valence-corrected chi connectivity index (χ0v) is 9.19. The predicted molar refractivity (Wildman–Crippen MR) is 59.9 cm³/mol. The molecule has 0 amide bonds. The second kappa shape index (κ2) is 4.39. The third-order valence-electron chi connectivity index (χ3n) is 2.69. The van der Waals surface area contributed by atoms with Gasteiger partial charge in [-0.1, -0.05) is 25.1 Å². The largest absolute Gasteiger partial charge is 0.490 e. The first-order chi connectivity index (χ1) is 7.31. The molecule has 80 valence electrons. The van der Waals surface area contributed by atoms with E-state index in [1.807, 2.05) is 37.5 Å². The SMILES string of the molecule is CCC1=COC1COc1ccccc1C. The van der Waals surface area contributed by atoms with Gasteiger partial charge < -0.3 is 9.47 Å². The monoisotopic (exact) mass is 204 g/mol. The number of rotatable bonds is 4. The lowest BCUT2D eigenvalue weighted by molar-refractivity contribution is 0.0692. The van der Waals surface area contributed by atoms with Crippen molar-refractivity contribution in [2.75, 3.05) is 6.61 Å². The summed E-state index contributed by atoms with van der Waals surface area (Å²) in [6.45, 7) is 4.80. The predicted octanol–water partition coefficient (Wildman–Crippen LogP) is 3.07. The van der Waals surface area contributed by atoms with Gasteiger partial charge in [0.25, 0.3) is 0 Å². The van der Waals surface area contributed by atoms with Gasteiger partial charge in [-0.15, -0.1) is 0 Å². The minimum Gasteiger partial charge on any atom is -0.490 e. The standard InChI is InChI=1S/C13H16O2/c1-3-11-8-14-13(11)9-15-12-7-5-4-6-10(12)2/h4-8,13H,3,9H2,1-2H3. The van der Waals surface area contributed by atoms with Crippen molar-refractivity contribution in [3.63, 3.8) is 0 Å². The van der Waals surface area contributed by atoms with Crippen LogP contribution in [0.3, 0.4) is 0 Å². The quantitative estimate of drug-likeness (QED) is 0.750. The smallest absolute Gasteiger partial charge is 0.156 e. The number of hydrogen-bond acceptors (Lipinski definition) is 2. The van der Waals surface area contributed by atoms with Gasteiger partial charge in [-0.05, 0) is 25.0 Å². The normalized spacial score (nSPS) is 18.8. The highest BCUT2D eigenvalue weighted by Crippen LogP contribution is 2.23. The van der Waals surface area contributed by atoms with E-state index in [0.717, 1.165) is 12.2 Å². The number of para-hydroxylation sites is 1. The number of ether oxygens (including phenoxy) is 2. The van der Waals surface area contributed by atoms with Gasteiger partial charge in [-0.2, -0.15) is 0 Å². The first-order valence-electron chi connectivity index (χ1n) is 5.34. The van der Waals surface area contributed by atoms with Crippen LogP contribution in [0.2, 0.25) is 0 Å². The van der Waals surface area contributed by atoms with Gasteiger partial charge in [0.05, 0.1) is 6.26 Å². The Bertz CT molecular complexity index is 369. The van der Waals surface area contributed by atoms with E-state index in [1.54, 1.807) is 0 Å². The van der Waals surface area contributed by atoms with Gasteiger partial charge >= 0.3 is 0 Å². The topological polar surface area (TPSA) is 18.5 Å². The highest BCUT2D eigenvalue weighted by Gasteiger charge is 2.22. The Balaban J connectivity index is 1.89. The van der Waals surface area contributed by atoms with Gasteiger partial charge in [0.2, 0.25) is 0 Å². The van der Waals surface area contributed by atoms with E-state index in [2.05, 4.69) is 6.92 Å². The Morgan fingerprint density at radius 2 is 2.13 bits per heavy atom. The van der Waals surface area contributed by atoms with E-state index in [9.17, 15) is 0 Å². The molecule has 2 nitrogen and oxygen atoms in total. The van der Waals surface area contributed by atoms with Crippen LogP contribution in [0.4, 0.5) is 0 Å². The van der Waals surface area contributed by atoms with Crippen molar-refractivity contribution < 1.29 is 9.47 Å². The van der Waals surface area contributed by atoms with Gasteiger partial charge in [-0.25, -0.2) is 0 Å². The molecule has 2 heteroatoms. The van der Waals surface area contributed by atoms with Crippen LogP contribution in [-0.2, 0) is 4.74 Å². The van der Waals surface area contributed by atoms with Gasteiger partial charge in [0.1, 0.15) is 12.4 Å². The van der Waals surface area contributed by atoms with E-state index in [4.69, 9.17) is 9.47 Å². The molecule has 0 radical (unpaired) electrons. The lowest BCUT2D eigenvalue weighted by atomic mass is 10.1. The summed E-state index contributed by atoms with van der Waals surface area (Å²) in [5.41, 5.74) is 2.50. The molecule has 1 aromatic rings. The number of hydrogen-bond donors (Lipinski definition) is 0. The Hall–Kier alpha value is -1.44. The summed E-state index contributed by atoms with van der Waals surface area (Å²) < 4.78 is 11.0.